The number of rotatable bonds is 6. The Hall–Kier alpha value is -3.24. The van der Waals surface area contributed by atoms with Gasteiger partial charge in [0.15, 0.2) is 11.5 Å². The van der Waals surface area contributed by atoms with Gasteiger partial charge in [0, 0.05) is 31.7 Å². The molecule has 0 aromatic heterocycles. The van der Waals surface area contributed by atoms with E-state index in [1.54, 1.807) is 18.2 Å². The second-order valence-electron chi connectivity index (χ2n) is 7.45. The molecule has 7 nitrogen and oxygen atoms in total. The first-order valence-corrected chi connectivity index (χ1v) is 11.6. The molecule has 10 heteroatoms. The normalized spacial score (nSPS) is 15.1. The van der Waals surface area contributed by atoms with Crippen LogP contribution in [0.2, 0.25) is 0 Å². The van der Waals surface area contributed by atoms with Crippen LogP contribution in [-0.2, 0) is 10.0 Å². The van der Waals surface area contributed by atoms with Crippen LogP contribution in [0.1, 0.15) is 10.4 Å². The van der Waals surface area contributed by atoms with E-state index in [1.165, 1.54) is 34.5 Å². The maximum atomic E-state index is 13.1. The molecular formula is C23H22F2N2O5S. The van der Waals surface area contributed by atoms with Crippen LogP contribution in [0, 0.1) is 0 Å². The van der Waals surface area contributed by atoms with Gasteiger partial charge in [-0.2, -0.15) is 13.1 Å². The number of sulfonamides is 1. The molecule has 0 atom stereocenters. The Morgan fingerprint density at radius 2 is 1.61 bits per heavy atom. The SMILES string of the molecule is COc1cc(C(=O)N2CCN(S(=O)(=O)c3ccc4ccccc4c3)CC2)ccc1OC(F)F. The molecule has 1 heterocycles. The van der Waals surface area contributed by atoms with Crippen LogP contribution in [0.25, 0.3) is 10.8 Å². The average Bonchev–Trinajstić information content (AvgIpc) is 2.83. The monoisotopic (exact) mass is 476 g/mol. The zero-order valence-electron chi connectivity index (χ0n) is 17.8. The van der Waals surface area contributed by atoms with E-state index in [4.69, 9.17) is 4.74 Å². The number of ether oxygens (including phenoxy) is 2. The van der Waals surface area contributed by atoms with E-state index in [1.807, 2.05) is 24.3 Å². The molecule has 1 fully saturated rings. The van der Waals surface area contributed by atoms with Gasteiger partial charge in [0.25, 0.3) is 5.91 Å². The fourth-order valence-corrected chi connectivity index (χ4v) is 5.24. The molecule has 0 bridgehead atoms. The second-order valence-corrected chi connectivity index (χ2v) is 9.39. The van der Waals surface area contributed by atoms with Crippen LogP contribution in [0.5, 0.6) is 11.5 Å². The largest absolute Gasteiger partial charge is 0.493 e. The Morgan fingerprint density at radius 1 is 0.909 bits per heavy atom. The van der Waals surface area contributed by atoms with Gasteiger partial charge in [0.05, 0.1) is 12.0 Å². The van der Waals surface area contributed by atoms with Crippen LogP contribution in [0.15, 0.2) is 65.6 Å². The number of carbonyl (C=O) groups is 1. The zero-order chi connectivity index (χ0) is 23.6. The Morgan fingerprint density at radius 3 is 2.27 bits per heavy atom. The molecule has 0 spiro atoms. The summed E-state index contributed by atoms with van der Waals surface area (Å²) in [5, 5.41) is 1.79. The zero-order valence-corrected chi connectivity index (χ0v) is 18.6. The molecule has 1 aliphatic rings. The van der Waals surface area contributed by atoms with Crippen molar-refractivity contribution in [3.05, 3.63) is 66.2 Å². The number of nitrogens with zero attached hydrogens (tertiary/aromatic N) is 2. The van der Waals surface area contributed by atoms with E-state index in [9.17, 15) is 22.0 Å². The van der Waals surface area contributed by atoms with Gasteiger partial charge < -0.3 is 14.4 Å². The summed E-state index contributed by atoms with van der Waals surface area (Å²) in [7, 11) is -2.42. The highest BCUT2D eigenvalue weighted by Gasteiger charge is 2.31. The average molecular weight is 477 g/mol. The van der Waals surface area contributed by atoms with E-state index in [2.05, 4.69) is 4.74 Å². The van der Waals surface area contributed by atoms with Crippen molar-refractivity contribution in [3.8, 4) is 11.5 Å². The minimum Gasteiger partial charge on any atom is -0.493 e. The highest BCUT2D eigenvalue weighted by Crippen LogP contribution is 2.30. The van der Waals surface area contributed by atoms with Crippen molar-refractivity contribution in [2.45, 2.75) is 11.5 Å². The summed E-state index contributed by atoms with van der Waals surface area (Å²) in [6.45, 7) is -2.33. The molecule has 0 radical (unpaired) electrons. The first kappa shape index (κ1) is 22.9. The fraction of sp³-hybridized carbons (Fsp3) is 0.261. The Labute approximate surface area is 190 Å². The van der Waals surface area contributed by atoms with Crippen LogP contribution in [0.4, 0.5) is 8.78 Å². The van der Waals surface area contributed by atoms with Gasteiger partial charge in [-0.05, 0) is 41.1 Å². The molecule has 4 rings (SSSR count). The van der Waals surface area contributed by atoms with Crippen molar-refractivity contribution in [1.29, 1.82) is 0 Å². The van der Waals surface area contributed by atoms with Gasteiger partial charge in [-0.3, -0.25) is 4.79 Å². The third kappa shape index (κ3) is 4.76. The first-order valence-electron chi connectivity index (χ1n) is 10.2. The number of halogens is 2. The first-order chi connectivity index (χ1) is 15.8. The number of methoxy groups -OCH3 is 1. The molecule has 0 unspecified atom stereocenters. The van der Waals surface area contributed by atoms with Crippen molar-refractivity contribution in [3.63, 3.8) is 0 Å². The van der Waals surface area contributed by atoms with Crippen molar-refractivity contribution < 1.29 is 31.5 Å². The minimum absolute atomic E-state index is 0.0127. The molecule has 0 N–H and O–H groups in total. The number of piperazine rings is 1. The summed E-state index contributed by atoms with van der Waals surface area (Å²) < 4.78 is 62.1. The Kier molecular flexibility index (Phi) is 6.48. The number of amides is 1. The van der Waals surface area contributed by atoms with Gasteiger partial charge in [0.2, 0.25) is 10.0 Å². The highest BCUT2D eigenvalue weighted by atomic mass is 32.2. The quantitative estimate of drug-likeness (QED) is 0.544. The van der Waals surface area contributed by atoms with Crippen LogP contribution in [0.3, 0.4) is 0 Å². The Bertz CT molecular complexity index is 1270. The lowest BCUT2D eigenvalue weighted by Crippen LogP contribution is -2.50. The van der Waals surface area contributed by atoms with Gasteiger partial charge in [-0.1, -0.05) is 30.3 Å². The van der Waals surface area contributed by atoms with Gasteiger partial charge >= 0.3 is 6.61 Å². The third-order valence-electron chi connectivity index (χ3n) is 5.51. The van der Waals surface area contributed by atoms with Gasteiger partial charge in [-0.15, -0.1) is 0 Å². The summed E-state index contributed by atoms with van der Waals surface area (Å²) in [6.07, 6.45) is 0. The number of hydrogen-bond acceptors (Lipinski definition) is 5. The van der Waals surface area contributed by atoms with E-state index in [-0.39, 0.29) is 54.0 Å². The minimum atomic E-state index is -3.71. The third-order valence-corrected chi connectivity index (χ3v) is 7.41. The summed E-state index contributed by atoms with van der Waals surface area (Å²) in [5.74, 6) is -0.506. The molecule has 1 saturated heterocycles. The lowest BCUT2D eigenvalue weighted by atomic mass is 10.1. The maximum Gasteiger partial charge on any atom is 0.387 e. The van der Waals surface area contributed by atoms with Crippen LogP contribution < -0.4 is 9.47 Å². The van der Waals surface area contributed by atoms with Gasteiger partial charge in [0.1, 0.15) is 0 Å². The number of alkyl halides is 2. The molecule has 0 aliphatic carbocycles. The number of fused-ring (bicyclic) bond motifs is 1. The van der Waals surface area contributed by atoms with Crippen LogP contribution in [-0.4, -0.2) is 63.4 Å². The summed E-state index contributed by atoms with van der Waals surface area (Å²) in [4.78, 5) is 14.6. The Balaban J connectivity index is 1.46. The van der Waals surface area contributed by atoms with Crippen molar-refractivity contribution in [2.24, 2.45) is 0 Å². The van der Waals surface area contributed by atoms with Crippen LogP contribution >= 0.6 is 0 Å². The van der Waals surface area contributed by atoms with Crippen molar-refractivity contribution >= 4 is 26.7 Å². The lowest BCUT2D eigenvalue weighted by molar-refractivity contribution is -0.0512. The standard InChI is InChI=1S/C23H22F2N2O5S/c1-31-21-15-18(7-9-20(21)32-23(24)25)22(28)26-10-12-27(13-11-26)33(29,30)19-8-6-16-4-2-3-5-17(16)14-19/h2-9,14-15,23H,10-13H2,1H3. The molecule has 3 aromatic rings. The van der Waals surface area contributed by atoms with E-state index < -0.39 is 16.6 Å². The summed E-state index contributed by atoms with van der Waals surface area (Å²) in [5.41, 5.74) is 0.235. The van der Waals surface area contributed by atoms with Crippen molar-refractivity contribution in [1.82, 2.24) is 9.21 Å². The predicted molar refractivity (Wildman–Crippen MR) is 118 cm³/mol. The number of benzene rings is 3. The van der Waals surface area contributed by atoms with E-state index in [0.717, 1.165) is 10.8 Å². The molecule has 3 aromatic carbocycles. The predicted octanol–water partition coefficient (Wildman–Crippen LogP) is 3.60. The molecule has 1 aliphatic heterocycles. The second kappa shape index (κ2) is 9.32. The molecule has 1 amide bonds. The topological polar surface area (TPSA) is 76.2 Å². The fourth-order valence-electron chi connectivity index (χ4n) is 3.79. The molecule has 0 saturated carbocycles. The summed E-state index contributed by atoms with van der Waals surface area (Å²) in [6, 6.07) is 16.5. The smallest absolute Gasteiger partial charge is 0.387 e. The van der Waals surface area contributed by atoms with E-state index >= 15 is 0 Å². The lowest BCUT2D eigenvalue weighted by Gasteiger charge is -2.34. The summed E-state index contributed by atoms with van der Waals surface area (Å²) >= 11 is 0. The maximum absolute atomic E-state index is 13.1. The van der Waals surface area contributed by atoms with Crippen molar-refractivity contribution in [2.75, 3.05) is 33.3 Å². The van der Waals surface area contributed by atoms with E-state index in [0.29, 0.717) is 0 Å². The molecule has 174 valence electrons. The number of carbonyl (C=O) groups excluding carboxylic acids is 1. The molecular weight excluding hydrogens is 454 g/mol. The van der Waals surface area contributed by atoms with Gasteiger partial charge in [-0.25, -0.2) is 8.42 Å². The highest BCUT2D eigenvalue weighted by molar-refractivity contribution is 7.89. The molecule has 33 heavy (non-hydrogen) atoms. The number of hydrogen-bond donors (Lipinski definition) is 0.